The summed E-state index contributed by atoms with van der Waals surface area (Å²) in [5.74, 6) is -0.142. The molecule has 3 N–H and O–H groups in total. The van der Waals surface area contributed by atoms with E-state index in [-0.39, 0.29) is 36.8 Å². The Morgan fingerprint density at radius 2 is 2.13 bits per heavy atom. The van der Waals surface area contributed by atoms with Gasteiger partial charge in [-0.2, -0.15) is 0 Å². The second-order valence-corrected chi connectivity index (χ2v) is 6.71. The molecule has 0 fully saturated rings. The quantitative estimate of drug-likeness (QED) is 0.797. The summed E-state index contributed by atoms with van der Waals surface area (Å²) < 4.78 is 2.27. The Morgan fingerprint density at radius 3 is 2.78 bits per heavy atom. The van der Waals surface area contributed by atoms with Gasteiger partial charge in [0.1, 0.15) is 0 Å². The second-order valence-electron chi connectivity index (χ2n) is 5.79. The fraction of sp³-hybridized carbons (Fsp3) is 0.400. The molecule has 0 aliphatic carbocycles. The number of amides is 1. The summed E-state index contributed by atoms with van der Waals surface area (Å²) in [4.78, 5) is 28.5. The minimum Gasteiger partial charge on any atom is -0.350 e. The highest BCUT2D eigenvalue weighted by Crippen LogP contribution is 2.14. The summed E-state index contributed by atoms with van der Waals surface area (Å²) >= 11 is 3.34. The monoisotopic (exact) mass is 402 g/mol. The van der Waals surface area contributed by atoms with Crippen molar-refractivity contribution in [2.75, 3.05) is 6.54 Å². The normalized spacial score (nSPS) is 11.1. The molecular weight excluding hydrogens is 384 g/mol. The number of aryl methyl sites for hydroxylation is 1. The lowest BCUT2D eigenvalue weighted by atomic mass is 10.1. The number of fused-ring (bicyclic) bond motifs is 1. The molecule has 1 amide bonds. The van der Waals surface area contributed by atoms with Gasteiger partial charge < -0.3 is 11.1 Å². The molecule has 0 atom stereocenters. The molecule has 1 heterocycles. The molecule has 0 aliphatic heterocycles. The summed E-state index contributed by atoms with van der Waals surface area (Å²) in [6, 6.07) is 5.35. The molecule has 0 saturated carbocycles. The Labute approximate surface area is 149 Å². The van der Waals surface area contributed by atoms with Crippen LogP contribution in [0.25, 0.3) is 10.9 Å². The van der Waals surface area contributed by atoms with Crippen molar-refractivity contribution in [2.45, 2.75) is 32.4 Å². The fourth-order valence-corrected chi connectivity index (χ4v) is 2.36. The number of hydrogen-bond acceptors (Lipinski definition) is 4. The smallest absolute Gasteiger partial charge is 0.261 e. The number of nitrogens with two attached hydrogens (primary N) is 1. The van der Waals surface area contributed by atoms with Gasteiger partial charge in [0.2, 0.25) is 5.91 Å². The van der Waals surface area contributed by atoms with Crippen LogP contribution < -0.4 is 16.6 Å². The number of aromatic nitrogens is 2. The molecule has 8 heteroatoms. The van der Waals surface area contributed by atoms with Crippen LogP contribution in [-0.4, -0.2) is 27.5 Å². The van der Waals surface area contributed by atoms with Crippen molar-refractivity contribution in [3.05, 3.63) is 39.4 Å². The highest BCUT2D eigenvalue weighted by atomic mass is 79.9. The molecule has 0 bridgehead atoms. The van der Waals surface area contributed by atoms with Gasteiger partial charge in [0.15, 0.2) is 0 Å². The number of nitrogens with one attached hydrogen (secondary N) is 1. The first kappa shape index (κ1) is 19.6. The van der Waals surface area contributed by atoms with Crippen molar-refractivity contribution in [3.8, 4) is 0 Å². The lowest BCUT2D eigenvalue weighted by Gasteiger charge is -2.24. The standard InChI is InChI=1S/C15H19BrN4O2.ClH/c1-15(2,8-17)19-13(21)5-6-20-9-18-12-4-3-10(16)7-11(12)14(20)22;/h3-4,7,9H,5-6,8,17H2,1-2H3,(H,19,21);1H. The maximum atomic E-state index is 12.4. The van der Waals surface area contributed by atoms with Gasteiger partial charge in [0.05, 0.1) is 17.2 Å². The van der Waals surface area contributed by atoms with E-state index in [9.17, 15) is 9.59 Å². The van der Waals surface area contributed by atoms with Crippen LogP contribution in [0.4, 0.5) is 0 Å². The zero-order valence-corrected chi connectivity index (χ0v) is 15.4. The third kappa shape index (κ3) is 5.02. The zero-order valence-electron chi connectivity index (χ0n) is 13.0. The van der Waals surface area contributed by atoms with Gasteiger partial charge in [-0.15, -0.1) is 12.4 Å². The number of halogens is 2. The Hall–Kier alpha value is -1.44. The van der Waals surface area contributed by atoms with Crippen molar-refractivity contribution in [3.63, 3.8) is 0 Å². The van der Waals surface area contributed by atoms with E-state index >= 15 is 0 Å². The highest BCUT2D eigenvalue weighted by molar-refractivity contribution is 9.10. The van der Waals surface area contributed by atoms with E-state index in [1.54, 1.807) is 12.1 Å². The molecule has 1 aromatic heterocycles. The summed E-state index contributed by atoms with van der Waals surface area (Å²) in [7, 11) is 0. The lowest BCUT2D eigenvalue weighted by Crippen LogP contribution is -2.49. The van der Waals surface area contributed by atoms with Crippen molar-refractivity contribution in [1.29, 1.82) is 0 Å². The molecule has 6 nitrogen and oxygen atoms in total. The number of hydrogen-bond donors (Lipinski definition) is 2. The number of rotatable bonds is 5. The van der Waals surface area contributed by atoms with E-state index in [1.807, 2.05) is 19.9 Å². The summed E-state index contributed by atoms with van der Waals surface area (Å²) in [6.07, 6.45) is 1.67. The third-order valence-corrected chi connectivity index (χ3v) is 3.85. The van der Waals surface area contributed by atoms with Crippen molar-refractivity contribution >= 4 is 45.1 Å². The molecule has 2 rings (SSSR count). The summed E-state index contributed by atoms with van der Waals surface area (Å²) in [6.45, 7) is 4.34. The first-order chi connectivity index (χ1) is 10.3. The van der Waals surface area contributed by atoms with Crippen molar-refractivity contribution in [1.82, 2.24) is 14.9 Å². The summed E-state index contributed by atoms with van der Waals surface area (Å²) in [5, 5.41) is 3.36. The van der Waals surface area contributed by atoms with Gasteiger partial charge in [-0.3, -0.25) is 14.2 Å². The minimum atomic E-state index is -0.450. The van der Waals surface area contributed by atoms with E-state index in [0.29, 0.717) is 17.4 Å². The molecule has 0 aliphatic rings. The van der Waals surface area contributed by atoms with E-state index in [2.05, 4.69) is 26.2 Å². The van der Waals surface area contributed by atoms with Crippen LogP contribution in [0.5, 0.6) is 0 Å². The Bertz CT molecular complexity index is 761. The van der Waals surface area contributed by atoms with Gasteiger partial charge in [0, 0.05) is 29.5 Å². The fourth-order valence-electron chi connectivity index (χ4n) is 2.00. The zero-order chi connectivity index (χ0) is 16.3. The van der Waals surface area contributed by atoms with Gasteiger partial charge in [0.25, 0.3) is 5.56 Å². The van der Waals surface area contributed by atoms with Crippen LogP contribution in [0, 0.1) is 0 Å². The molecule has 0 radical (unpaired) electrons. The number of carbonyl (C=O) groups is 1. The molecule has 126 valence electrons. The van der Waals surface area contributed by atoms with E-state index in [0.717, 1.165) is 4.47 Å². The number of nitrogens with zero attached hydrogens (tertiary/aromatic N) is 2. The maximum absolute atomic E-state index is 12.4. The van der Waals surface area contributed by atoms with Crippen LogP contribution in [0.3, 0.4) is 0 Å². The second kappa shape index (κ2) is 7.90. The van der Waals surface area contributed by atoms with Crippen LogP contribution in [0.2, 0.25) is 0 Å². The number of benzene rings is 1. The molecule has 0 spiro atoms. The Balaban J connectivity index is 0.00000264. The maximum Gasteiger partial charge on any atom is 0.261 e. The molecule has 23 heavy (non-hydrogen) atoms. The predicted molar refractivity (Wildman–Crippen MR) is 96.8 cm³/mol. The van der Waals surface area contributed by atoms with Gasteiger partial charge in [-0.1, -0.05) is 15.9 Å². The largest absolute Gasteiger partial charge is 0.350 e. The third-order valence-electron chi connectivity index (χ3n) is 3.35. The predicted octanol–water partition coefficient (Wildman–Crippen LogP) is 1.82. The van der Waals surface area contributed by atoms with Crippen LogP contribution in [0.1, 0.15) is 20.3 Å². The molecule has 1 aromatic carbocycles. The van der Waals surface area contributed by atoms with Crippen LogP contribution in [-0.2, 0) is 11.3 Å². The molecule has 0 unspecified atom stereocenters. The van der Waals surface area contributed by atoms with Crippen LogP contribution in [0.15, 0.2) is 33.8 Å². The topological polar surface area (TPSA) is 90.0 Å². The van der Waals surface area contributed by atoms with Gasteiger partial charge in [-0.25, -0.2) is 4.98 Å². The Morgan fingerprint density at radius 1 is 1.43 bits per heavy atom. The first-order valence-corrected chi connectivity index (χ1v) is 7.77. The first-order valence-electron chi connectivity index (χ1n) is 6.98. The molecule has 0 saturated heterocycles. The van der Waals surface area contributed by atoms with Gasteiger partial charge >= 0.3 is 0 Å². The van der Waals surface area contributed by atoms with Crippen molar-refractivity contribution < 1.29 is 4.79 Å². The summed E-state index contributed by atoms with van der Waals surface area (Å²) in [5.41, 5.74) is 5.61. The highest BCUT2D eigenvalue weighted by Gasteiger charge is 2.18. The molecule has 2 aromatic rings. The molecular formula is C15H20BrClN4O2. The van der Waals surface area contributed by atoms with E-state index in [1.165, 1.54) is 10.9 Å². The average Bonchev–Trinajstić information content (AvgIpc) is 2.47. The van der Waals surface area contributed by atoms with Crippen molar-refractivity contribution in [2.24, 2.45) is 5.73 Å². The Kier molecular flexibility index (Phi) is 6.73. The van der Waals surface area contributed by atoms with Crippen LogP contribution >= 0.6 is 28.3 Å². The van der Waals surface area contributed by atoms with E-state index in [4.69, 9.17) is 5.73 Å². The SMILES string of the molecule is CC(C)(CN)NC(=O)CCn1cnc2ccc(Br)cc2c1=O.Cl. The lowest BCUT2D eigenvalue weighted by molar-refractivity contribution is -0.122. The van der Waals surface area contributed by atoms with Gasteiger partial charge in [-0.05, 0) is 32.0 Å². The van der Waals surface area contributed by atoms with E-state index < -0.39 is 5.54 Å². The average molecular weight is 404 g/mol. The number of carbonyl (C=O) groups excluding carboxylic acids is 1. The minimum absolute atomic E-state index is 0.